The number of hydrogen-bond acceptors (Lipinski definition) is 2. The summed E-state index contributed by atoms with van der Waals surface area (Å²) in [5.74, 6) is 1.01. The van der Waals surface area contributed by atoms with Crippen LogP contribution in [0, 0.1) is 6.42 Å². The van der Waals surface area contributed by atoms with Gasteiger partial charge in [0.2, 0.25) is 0 Å². The first kappa shape index (κ1) is 5.98. The zero-order valence-electron chi connectivity index (χ0n) is 5.62. The lowest BCUT2D eigenvalue weighted by atomic mass is 10.2. The van der Waals surface area contributed by atoms with E-state index < -0.39 is 0 Å². The van der Waals surface area contributed by atoms with Gasteiger partial charge in [-0.15, -0.1) is 0 Å². The van der Waals surface area contributed by atoms with Crippen molar-refractivity contribution in [1.29, 1.82) is 0 Å². The summed E-state index contributed by atoms with van der Waals surface area (Å²) in [5.41, 5.74) is 0. The third-order valence-electron chi connectivity index (χ3n) is 1.52. The van der Waals surface area contributed by atoms with E-state index >= 15 is 0 Å². The molecule has 2 heteroatoms. The smallest absolute Gasteiger partial charge is 0.104 e. The lowest BCUT2D eigenvalue weighted by Crippen LogP contribution is -1.89. The van der Waals surface area contributed by atoms with Crippen molar-refractivity contribution in [2.75, 3.05) is 6.61 Å². The van der Waals surface area contributed by atoms with E-state index in [-0.39, 0.29) is 0 Å². The normalized spacial score (nSPS) is 23.0. The lowest BCUT2D eigenvalue weighted by molar-refractivity contribution is 0.422. The van der Waals surface area contributed by atoms with Crippen molar-refractivity contribution in [3.8, 4) is 0 Å². The minimum absolute atomic E-state index is 0.394. The van der Waals surface area contributed by atoms with Crippen LogP contribution in [0.4, 0.5) is 0 Å². The maximum absolute atomic E-state index is 5.12. The average molecular weight is 137 g/mol. The van der Waals surface area contributed by atoms with E-state index in [0.717, 1.165) is 18.8 Å². The molecule has 0 bridgehead atoms. The van der Waals surface area contributed by atoms with Gasteiger partial charge in [0.1, 0.15) is 5.76 Å². The largest absolute Gasteiger partial charge is 0.469 e. The van der Waals surface area contributed by atoms with E-state index in [1.54, 1.807) is 6.26 Å². The monoisotopic (exact) mass is 137 g/mol. The molecule has 1 aromatic heterocycles. The number of epoxide rings is 1. The Morgan fingerprint density at radius 2 is 2.60 bits per heavy atom. The van der Waals surface area contributed by atoms with Gasteiger partial charge in [-0.1, -0.05) is 0 Å². The fourth-order valence-electron chi connectivity index (χ4n) is 0.868. The van der Waals surface area contributed by atoms with Crippen LogP contribution in [0.5, 0.6) is 0 Å². The van der Waals surface area contributed by atoms with E-state index in [4.69, 9.17) is 9.15 Å². The second-order valence-electron chi connectivity index (χ2n) is 2.39. The molecule has 1 aliphatic heterocycles. The number of hydrogen-bond donors (Lipinski definition) is 0. The van der Waals surface area contributed by atoms with Gasteiger partial charge in [0.05, 0.1) is 19.0 Å². The first-order valence-electron chi connectivity index (χ1n) is 3.42. The summed E-state index contributed by atoms with van der Waals surface area (Å²) in [7, 11) is 0. The Kier molecular flexibility index (Phi) is 1.47. The van der Waals surface area contributed by atoms with Crippen molar-refractivity contribution in [1.82, 2.24) is 0 Å². The molecule has 1 unspecified atom stereocenters. The zero-order valence-corrected chi connectivity index (χ0v) is 5.62. The number of furan rings is 1. The highest BCUT2D eigenvalue weighted by atomic mass is 16.6. The highest BCUT2D eigenvalue weighted by molar-refractivity contribution is 5.03. The van der Waals surface area contributed by atoms with E-state index in [0.29, 0.717) is 6.10 Å². The molecule has 1 atom stereocenters. The average Bonchev–Trinajstić information content (AvgIpc) is 2.63. The molecule has 0 N–H and O–H groups in total. The minimum Gasteiger partial charge on any atom is -0.469 e. The van der Waals surface area contributed by atoms with E-state index in [2.05, 4.69) is 6.42 Å². The van der Waals surface area contributed by atoms with E-state index in [1.807, 2.05) is 12.1 Å². The minimum atomic E-state index is 0.394. The first-order chi connectivity index (χ1) is 4.95. The van der Waals surface area contributed by atoms with Crippen molar-refractivity contribution in [2.45, 2.75) is 12.5 Å². The Morgan fingerprint density at radius 3 is 3.20 bits per heavy atom. The van der Waals surface area contributed by atoms with Crippen LogP contribution in [0.3, 0.4) is 0 Å². The molecule has 1 fully saturated rings. The van der Waals surface area contributed by atoms with Crippen LogP contribution in [-0.2, 0) is 11.2 Å². The van der Waals surface area contributed by atoms with Gasteiger partial charge in [-0.05, 0) is 12.1 Å². The molecule has 0 aliphatic carbocycles. The van der Waals surface area contributed by atoms with Crippen molar-refractivity contribution in [3.63, 3.8) is 0 Å². The van der Waals surface area contributed by atoms with Gasteiger partial charge < -0.3 is 9.15 Å². The van der Waals surface area contributed by atoms with Crippen LogP contribution in [0.1, 0.15) is 5.76 Å². The standard InChI is InChI=1S/C8H9O2/c1-2-7(9-5-1)3-4-8-6-10-8/h1-2,4-5,8H,3,6H2. The van der Waals surface area contributed by atoms with Crippen molar-refractivity contribution < 1.29 is 9.15 Å². The molecule has 0 spiro atoms. The van der Waals surface area contributed by atoms with Gasteiger partial charge in [0.15, 0.2) is 0 Å². The van der Waals surface area contributed by atoms with Gasteiger partial charge in [-0.3, -0.25) is 0 Å². The zero-order chi connectivity index (χ0) is 6.81. The maximum Gasteiger partial charge on any atom is 0.104 e. The molecule has 2 heterocycles. The molecule has 2 nitrogen and oxygen atoms in total. The van der Waals surface area contributed by atoms with Crippen LogP contribution >= 0.6 is 0 Å². The summed E-state index contributed by atoms with van der Waals surface area (Å²) < 4.78 is 10.1. The fourth-order valence-corrected chi connectivity index (χ4v) is 0.868. The Balaban J connectivity index is 1.79. The third kappa shape index (κ3) is 1.39. The summed E-state index contributed by atoms with van der Waals surface area (Å²) in [4.78, 5) is 0. The summed E-state index contributed by atoms with van der Waals surface area (Å²) in [6, 6.07) is 3.87. The van der Waals surface area contributed by atoms with Crippen molar-refractivity contribution in [3.05, 3.63) is 30.6 Å². The molecule has 1 radical (unpaired) electrons. The summed E-state index contributed by atoms with van der Waals surface area (Å²) in [6.45, 7) is 0.890. The SMILES string of the molecule is [CH](Cc1ccco1)C1CO1. The molecule has 1 aliphatic rings. The molecular formula is C8H9O2. The molecule has 0 amide bonds. The summed E-state index contributed by atoms with van der Waals surface area (Å²) in [6.07, 6.45) is 5.10. The van der Waals surface area contributed by atoms with Gasteiger partial charge in [-0.25, -0.2) is 0 Å². The van der Waals surface area contributed by atoms with Crippen molar-refractivity contribution >= 4 is 0 Å². The van der Waals surface area contributed by atoms with Crippen LogP contribution in [-0.4, -0.2) is 12.7 Å². The highest BCUT2D eigenvalue weighted by Gasteiger charge is 2.22. The predicted octanol–water partition coefficient (Wildman–Crippen LogP) is 1.43. The molecule has 0 saturated carbocycles. The number of rotatable bonds is 3. The van der Waals surface area contributed by atoms with Crippen LogP contribution < -0.4 is 0 Å². The molecule has 53 valence electrons. The molecule has 2 rings (SSSR count). The lowest BCUT2D eigenvalue weighted by Gasteiger charge is -1.89. The first-order valence-corrected chi connectivity index (χ1v) is 3.42. The van der Waals surface area contributed by atoms with Gasteiger partial charge >= 0.3 is 0 Å². The quantitative estimate of drug-likeness (QED) is 0.589. The Morgan fingerprint density at radius 1 is 1.70 bits per heavy atom. The summed E-state index contributed by atoms with van der Waals surface area (Å²) >= 11 is 0. The summed E-state index contributed by atoms with van der Waals surface area (Å²) in [5, 5.41) is 0. The second-order valence-corrected chi connectivity index (χ2v) is 2.39. The fraction of sp³-hybridized carbons (Fsp3) is 0.375. The van der Waals surface area contributed by atoms with Crippen LogP contribution in [0.15, 0.2) is 22.8 Å². The number of ether oxygens (including phenoxy) is 1. The maximum atomic E-state index is 5.12. The molecule has 10 heavy (non-hydrogen) atoms. The van der Waals surface area contributed by atoms with Gasteiger partial charge in [0, 0.05) is 12.8 Å². The topological polar surface area (TPSA) is 25.7 Å². The molecule has 0 aromatic carbocycles. The van der Waals surface area contributed by atoms with E-state index in [9.17, 15) is 0 Å². The highest BCUT2D eigenvalue weighted by Crippen LogP contribution is 2.15. The Bertz CT molecular complexity index is 187. The van der Waals surface area contributed by atoms with Crippen molar-refractivity contribution in [2.24, 2.45) is 0 Å². The molecule has 1 saturated heterocycles. The van der Waals surface area contributed by atoms with Gasteiger partial charge in [0.25, 0.3) is 0 Å². The molecular weight excluding hydrogens is 128 g/mol. The third-order valence-corrected chi connectivity index (χ3v) is 1.52. The Labute approximate surface area is 59.8 Å². The molecule has 1 aromatic rings. The second kappa shape index (κ2) is 2.46. The van der Waals surface area contributed by atoms with Gasteiger partial charge in [-0.2, -0.15) is 0 Å². The Hall–Kier alpha value is -0.760. The van der Waals surface area contributed by atoms with E-state index in [1.165, 1.54) is 0 Å². The van der Waals surface area contributed by atoms with Crippen LogP contribution in [0.2, 0.25) is 0 Å². The predicted molar refractivity (Wildman–Crippen MR) is 36.5 cm³/mol. The van der Waals surface area contributed by atoms with Crippen LogP contribution in [0.25, 0.3) is 0 Å².